The van der Waals surface area contributed by atoms with Gasteiger partial charge in [-0.25, -0.2) is 17.5 Å². The molecule has 0 radical (unpaired) electrons. The van der Waals surface area contributed by atoms with Crippen molar-refractivity contribution in [2.24, 2.45) is 5.92 Å². The molecule has 20 heavy (non-hydrogen) atoms. The molecule has 1 rings (SSSR count). The lowest BCUT2D eigenvalue weighted by atomic mass is 10.1. The van der Waals surface area contributed by atoms with Crippen molar-refractivity contribution in [3.8, 4) is 0 Å². The third-order valence-electron chi connectivity index (χ3n) is 2.84. The number of benzene rings is 1. The van der Waals surface area contributed by atoms with Gasteiger partial charge in [0.1, 0.15) is 5.82 Å². The van der Waals surface area contributed by atoms with Gasteiger partial charge in [0.05, 0.1) is 16.7 Å². The normalized spacial score (nSPS) is 13.7. The summed E-state index contributed by atoms with van der Waals surface area (Å²) in [5.74, 6) is -0.390. The van der Waals surface area contributed by atoms with Crippen molar-refractivity contribution in [3.05, 3.63) is 23.5 Å². The first-order chi connectivity index (χ1) is 9.13. The summed E-state index contributed by atoms with van der Waals surface area (Å²) >= 11 is 0. The van der Waals surface area contributed by atoms with Gasteiger partial charge in [-0.05, 0) is 37.0 Å². The Morgan fingerprint density at radius 1 is 1.40 bits per heavy atom. The van der Waals surface area contributed by atoms with Gasteiger partial charge >= 0.3 is 0 Å². The summed E-state index contributed by atoms with van der Waals surface area (Å²) in [5.41, 5.74) is 5.43. The van der Waals surface area contributed by atoms with Crippen LogP contribution in [0.25, 0.3) is 0 Å². The van der Waals surface area contributed by atoms with Gasteiger partial charge in [-0.1, -0.05) is 13.8 Å². The zero-order valence-corrected chi connectivity index (χ0v) is 12.7. The molecule has 0 aliphatic carbocycles. The molecule has 5 nitrogen and oxygen atoms in total. The lowest BCUT2D eigenvalue weighted by molar-refractivity contribution is 0.152. The monoisotopic (exact) mass is 304 g/mol. The molecule has 0 aliphatic rings. The van der Waals surface area contributed by atoms with Crippen LogP contribution in [0.3, 0.4) is 0 Å². The summed E-state index contributed by atoms with van der Waals surface area (Å²) in [6, 6.07) is 2.16. The third kappa shape index (κ3) is 4.43. The summed E-state index contributed by atoms with van der Waals surface area (Å²) in [6.45, 7) is 5.27. The fraction of sp³-hybridized carbons (Fsp3) is 0.538. The predicted molar refractivity (Wildman–Crippen MR) is 76.2 cm³/mol. The number of hydrogen-bond acceptors (Lipinski definition) is 4. The highest BCUT2D eigenvalue weighted by atomic mass is 32.2. The van der Waals surface area contributed by atoms with Gasteiger partial charge in [-0.2, -0.15) is 0 Å². The molecule has 1 atom stereocenters. The molecule has 0 saturated heterocycles. The van der Waals surface area contributed by atoms with Crippen LogP contribution < -0.4 is 10.5 Å². The Morgan fingerprint density at radius 2 is 2.00 bits per heavy atom. The molecule has 0 bridgehead atoms. The van der Waals surface area contributed by atoms with Crippen LogP contribution in [0.4, 0.5) is 10.1 Å². The second kappa shape index (κ2) is 6.51. The number of anilines is 1. The molecule has 0 amide bonds. The molecule has 1 aromatic rings. The van der Waals surface area contributed by atoms with Crippen molar-refractivity contribution in [1.82, 2.24) is 4.72 Å². The Morgan fingerprint density at radius 3 is 2.55 bits per heavy atom. The number of sulfonamides is 1. The van der Waals surface area contributed by atoms with Gasteiger partial charge in [0.25, 0.3) is 0 Å². The fourth-order valence-corrected chi connectivity index (χ4v) is 3.20. The van der Waals surface area contributed by atoms with Crippen LogP contribution in [0, 0.1) is 18.7 Å². The number of rotatable bonds is 6. The Hall–Kier alpha value is -1.18. The molecule has 1 aromatic carbocycles. The van der Waals surface area contributed by atoms with Crippen LogP contribution in [-0.2, 0) is 10.0 Å². The molecule has 0 spiro atoms. The van der Waals surface area contributed by atoms with Gasteiger partial charge in [0.15, 0.2) is 0 Å². The summed E-state index contributed by atoms with van der Waals surface area (Å²) in [6.07, 6.45) is -0.268. The maximum Gasteiger partial charge on any atom is 0.240 e. The molecule has 4 N–H and O–H groups in total. The summed E-state index contributed by atoms with van der Waals surface area (Å²) in [4.78, 5) is -0.0758. The lowest BCUT2D eigenvalue weighted by Crippen LogP contribution is -2.33. The standard InChI is InChI=1S/C13H21FN2O3S/c1-8(2)4-10(17)7-16-20(18,19)13-6-12(15)11(14)5-9(13)3/h5-6,8,10,16-17H,4,7,15H2,1-3H3. The van der Waals surface area contributed by atoms with Crippen LogP contribution in [0.15, 0.2) is 17.0 Å². The van der Waals surface area contributed by atoms with Gasteiger partial charge in [-0.3, -0.25) is 0 Å². The average molecular weight is 304 g/mol. The van der Waals surface area contributed by atoms with Crippen LogP contribution >= 0.6 is 0 Å². The molecular formula is C13H21FN2O3S. The number of nitrogens with one attached hydrogen (secondary N) is 1. The van der Waals surface area contributed by atoms with E-state index in [1.807, 2.05) is 13.8 Å². The Balaban J connectivity index is 2.87. The van der Waals surface area contributed by atoms with E-state index in [1.165, 1.54) is 6.92 Å². The van der Waals surface area contributed by atoms with Crippen LogP contribution in [-0.4, -0.2) is 26.2 Å². The molecule has 114 valence electrons. The summed E-state index contributed by atoms with van der Waals surface area (Å²) < 4.78 is 39.8. The maximum absolute atomic E-state index is 13.2. The summed E-state index contributed by atoms with van der Waals surface area (Å²) in [7, 11) is -3.82. The number of halogens is 1. The molecule has 0 aromatic heterocycles. The van der Waals surface area contributed by atoms with Crippen molar-refractivity contribution in [2.75, 3.05) is 12.3 Å². The van der Waals surface area contributed by atoms with E-state index in [9.17, 15) is 17.9 Å². The van der Waals surface area contributed by atoms with E-state index in [4.69, 9.17) is 5.73 Å². The van der Waals surface area contributed by atoms with E-state index in [0.29, 0.717) is 6.42 Å². The van der Waals surface area contributed by atoms with Crippen molar-refractivity contribution in [2.45, 2.75) is 38.2 Å². The predicted octanol–water partition coefficient (Wildman–Crippen LogP) is 1.40. The topological polar surface area (TPSA) is 92.4 Å². The van der Waals surface area contributed by atoms with Gasteiger partial charge < -0.3 is 10.8 Å². The van der Waals surface area contributed by atoms with Gasteiger partial charge in [0.2, 0.25) is 10.0 Å². The van der Waals surface area contributed by atoms with E-state index in [0.717, 1.165) is 12.1 Å². The van der Waals surface area contributed by atoms with Gasteiger partial charge in [-0.15, -0.1) is 0 Å². The first-order valence-electron chi connectivity index (χ1n) is 6.37. The zero-order chi connectivity index (χ0) is 15.5. The second-order valence-corrected chi connectivity index (χ2v) is 7.01. The molecular weight excluding hydrogens is 283 g/mol. The number of aryl methyl sites for hydroxylation is 1. The number of aliphatic hydroxyl groups is 1. The lowest BCUT2D eigenvalue weighted by Gasteiger charge is -2.15. The minimum Gasteiger partial charge on any atom is -0.396 e. The number of nitrogen functional groups attached to an aromatic ring is 1. The molecule has 1 unspecified atom stereocenters. The molecule has 0 saturated carbocycles. The molecule has 0 fully saturated rings. The smallest absolute Gasteiger partial charge is 0.240 e. The maximum atomic E-state index is 13.2. The first kappa shape index (κ1) is 16.9. The van der Waals surface area contributed by atoms with E-state index >= 15 is 0 Å². The minimum absolute atomic E-state index is 0.0758. The highest BCUT2D eigenvalue weighted by Crippen LogP contribution is 2.21. The van der Waals surface area contributed by atoms with Crippen LogP contribution in [0.2, 0.25) is 0 Å². The van der Waals surface area contributed by atoms with E-state index in [1.54, 1.807) is 0 Å². The highest BCUT2D eigenvalue weighted by Gasteiger charge is 2.20. The van der Waals surface area contributed by atoms with E-state index < -0.39 is 21.9 Å². The number of aliphatic hydroxyl groups excluding tert-OH is 1. The SMILES string of the molecule is Cc1cc(F)c(N)cc1S(=O)(=O)NCC(O)CC(C)C. The molecule has 0 aliphatic heterocycles. The van der Waals surface area contributed by atoms with E-state index in [2.05, 4.69) is 4.72 Å². The second-order valence-electron chi connectivity index (χ2n) is 5.27. The Labute approximate surface area is 119 Å². The Bertz CT molecular complexity index is 573. The van der Waals surface area contributed by atoms with Gasteiger partial charge in [0, 0.05) is 6.54 Å². The number of hydrogen-bond donors (Lipinski definition) is 3. The van der Waals surface area contributed by atoms with E-state index in [-0.39, 0.29) is 28.6 Å². The third-order valence-corrected chi connectivity index (χ3v) is 4.40. The van der Waals surface area contributed by atoms with Crippen molar-refractivity contribution in [3.63, 3.8) is 0 Å². The Kier molecular flexibility index (Phi) is 5.50. The van der Waals surface area contributed by atoms with Crippen molar-refractivity contribution >= 4 is 15.7 Å². The minimum atomic E-state index is -3.82. The van der Waals surface area contributed by atoms with Crippen LogP contribution in [0.5, 0.6) is 0 Å². The van der Waals surface area contributed by atoms with Crippen molar-refractivity contribution < 1.29 is 17.9 Å². The zero-order valence-electron chi connectivity index (χ0n) is 11.9. The van der Waals surface area contributed by atoms with Crippen molar-refractivity contribution in [1.29, 1.82) is 0 Å². The molecule has 7 heteroatoms. The number of nitrogens with two attached hydrogens (primary N) is 1. The average Bonchev–Trinajstić information content (AvgIpc) is 2.30. The quantitative estimate of drug-likeness (QED) is 0.693. The first-order valence-corrected chi connectivity index (χ1v) is 7.85. The summed E-state index contributed by atoms with van der Waals surface area (Å²) in [5, 5.41) is 9.69. The fourth-order valence-electron chi connectivity index (χ4n) is 1.87. The molecule has 0 heterocycles. The highest BCUT2D eigenvalue weighted by molar-refractivity contribution is 7.89. The largest absolute Gasteiger partial charge is 0.396 e. The van der Waals surface area contributed by atoms with Crippen LogP contribution in [0.1, 0.15) is 25.8 Å².